The third kappa shape index (κ3) is 2.48. The van der Waals surface area contributed by atoms with Gasteiger partial charge in [0.15, 0.2) is 11.5 Å². The number of oxazole rings is 1. The number of hydrogen-bond donors (Lipinski definition) is 1. The summed E-state index contributed by atoms with van der Waals surface area (Å²) in [6.07, 6.45) is 0.819. The van der Waals surface area contributed by atoms with Crippen LogP contribution in [0.1, 0.15) is 23.0 Å². The molecule has 0 bridgehead atoms. The number of rotatable bonds is 4. The van der Waals surface area contributed by atoms with Crippen LogP contribution in [-0.2, 0) is 6.42 Å². The molecule has 0 spiro atoms. The Morgan fingerprint density at radius 1 is 1.29 bits per heavy atom. The number of aromatic carboxylic acids is 1. The van der Waals surface area contributed by atoms with Crippen molar-refractivity contribution in [2.75, 3.05) is 0 Å². The van der Waals surface area contributed by atoms with Crippen molar-refractivity contribution in [2.45, 2.75) is 13.3 Å². The first-order valence-electron chi connectivity index (χ1n) is 6.57. The fraction of sp³-hybridized carbons (Fsp3) is 0.125. The lowest BCUT2D eigenvalue weighted by atomic mass is 10.1. The zero-order valence-electron chi connectivity index (χ0n) is 11.4. The summed E-state index contributed by atoms with van der Waals surface area (Å²) in [5.41, 5.74) is 1.80. The van der Waals surface area contributed by atoms with Gasteiger partial charge in [-0.15, -0.1) is 11.3 Å². The number of aryl methyl sites for hydroxylation is 1. The Hall–Kier alpha value is -2.40. The van der Waals surface area contributed by atoms with Crippen LogP contribution < -0.4 is 0 Å². The molecule has 0 unspecified atom stereocenters. The van der Waals surface area contributed by atoms with Gasteiger partial charge in [-0.3, -0.25) is 0 Å². The van der Waals surface area contributed by atoms with Crippen LogP contribution in [0.4, 0.5) is 0 Å². The Bertz CT molecular complexity index is 774. The fourth-order valence-electron chi connectivity index (χ4n) is 2.14. The van der Waals surface area contributed by atoms with Gasteiger partial charge in [-0.2, -0.15) is 0 Å². The zero-order chi connectivity index (χ0) is 14.8. The van der Waals surface area contributed by atoms with Crippen LogP contribution in [0.25, 0.3) is 22.1 Å². The highest BCUT2D eigenvalue weighted by atomic mass is 32.1. The van der Waals surface area contributed by atoms with Gasteiger partial charge in [0.2, 0.25) is 5.89 Å². The lowest BCUT2D eigenvalue weighted by molar-refractivity contribution is 0.0691. The number of nitrogens with zero attached hydrogens (tertiary/aromatic N) is 1. The van der Waals surface area contributed by atoms with Crippen molar-refractivity contribution in [3.63, 3.8) is 0 Å². The lowest BCUT2D eigenvalue weighted by Crippen LogP contribution is -1.99. The van der Waals surface area contributed by atoms with Gasteiger partial charge in [-0.1, -0.05) is 25.1 Å². The van der Waals surface area contributed by atoms with E-state index in [2.05, 4.69) is 4.98 Å². The highest BCUT2D eigenvalue weighted by molar-refractivity contribution is 7.13. The fourth-order valence-corrected chi connectivity index (χ4v) is 3.11. The van der Waals surface area contributed by atoms with E-state index < -0.39 is 5.97 Å². The Balaban J connectivity index is 2.16. The van der Waals surface area contributed by atoms with E-state index in [-0.39, 0.29) is 5.69 Å². The van der Waals surface area contributed by atoms with Gasteiger partial charge in [-0.05, 0) is 35.6 Å². The number of carboxylic acids is 1. The first kappa shape index (κ1) is 13.6. The van der Waals surface area contributed by atoms with Crippen LogP contribution in [0, 0.1) is 0 Å². The smallest absolute Gasteiger partial charge is 0.358 e. The summed E-state index contributed by atoms with van der Waals surface area (Å²) in [7, 11) is 0. The Morgan fingerprint density at radius 3 is 2.71 bits per heavy atom. The maximum atomic E-state index is 11.4. The average Bonchev–Trinajstić information content (AvgIpc) is 3.14. The van der Waals surface area contributed by atoms with Gasteiger partial charge in [0.1, 0.15) is 0 Å². The topological polar surface area (TPSA) is 63.3 Å². The van der Waals surface area contributed by atoms with Gasteiger partial charge in [0, 0.05) is 5.56 Å². The van der Waals surface area contributed by atoms with E-state index in [0.717, 1.165) is 22.4 Å². The predicted octanol–water partition coefficient (Wildman–Crippen LogP) is 4.33. The zero-order valence-corrected chi connectivity index (χ0v) is 12.2. The number of hydrogen-bond acceptors (Lipinski definition) is 4. The molecule has 0 aliphatic rings. The summed E-state index contributed by atoms with van der Waals surface area (Å²) in [6, 6.07) is 11.3. The third-order valence-corrected chi connectivity index (χ3v) is 4.14. The molecule has 3 rings (SSSR count). The number of carbonyl (C=O) groups is 1. The van der Waals surface area contributed by atoms with Gasteiger partial charge < -0.3 is 9.52 Å². The minimum Gasteiger partial charge on any atom is -0.476 e. The summed E-state index contributed by atoms with van der Waals surface area (Å²) in [5, 5.41) is 11.3. The molecule has 0 atom stereocenters. The van der Waals surface area contributed by atoms with Crippen LogP contribution in [0.2, 0.25) is 0 Å². The molecule has 0 saturated heterocycles. The monoisotopic (exact) mass is 299 g/mol. The maximum absolute atomic E-state index is 11.4. The summed E-state index contributed by atoms with van der Waals surface area (Å²) >= 11 is 1.47. The molecule has 4 nitrogen and oxygen atoms in total. The molecule has 0 aliphatic carbocycles. The van der Waals surface area contributed by atoms with Crippen LogP contribution in [-0.4, -0.2) is 16.1 Å². The molecular formula is C16H13NO3S. The minimum atomic E-state index is -1.08. The Morgan fingerprint density at radius 2 is 2.05 bits per heavy atom. The molecule has 1 N–H and O–H groups in total. The molecule has 0 radical (unpaired) electrons. The summed E-state index contributed by atoms with van der Waals surface area (Å²) < 4.78 is 5.77. The van der Waals surface area contributed by atoms with Crippen molar-refractivity contribution in [1.82, 2.24) is 4.98 Å². The highest BCUT2D eigenvalue weighted by Crippen LogP contribution is 2.35. The van der Waals surface area contributed by atoms with Gasteiger partial charge in [0.05, 0.1) is 4.88 Å². The molecule has 5 heteroatoms. The lowest BCUT2D eigenvalue weighted by Gasteiger charge is -1.98. The van der Waals surface area contributed by atoms with E-state index in [1.807, 2.05) is 48.7 Å². The quantitative estimate of drug-likeness (QED) is 0.778. The van der Waals surface area contributed by atoms with Gasteiger partial charge >= 0.3 is 5.97 Å². The minimum absolute atomic E-state index is 0.0361. The summed E-state index contributed by atoms with van der Waals surface area (Å²) in [4.78, 5) is 16.4. The Kier molecular flexibility index (Phi) is 3.58. The van der Waals surface area contributed by atoms with Crippen LogP contribution >= 0.6 is 11.3 Å². The number of aromatic nitrogens is 1. The van der Waals surface area contributed by atoms with Crippen molar-refractivity contribution in [1.29, 1.82) is 0 Å². The second kappa shape index (κ2) is 5.54. The standard InChI is InChI=1S/C16H13NO3S/c1-2-10-8-9-21-14(10)13-12(16(18)19)17-15(20-13)11-6-4-3-5-7-11/h3-9H,2H2,1H3,(H,18,19). The first-order chi connectivity index (χ1) is 10.2. The van der Waals surface area contributed by atoms with Crippen molar-refractivity contribution in [2.24, 2.45) is 0 Å². The first-order valence-corrected chi connectivity index (χ1v) is 7.45. The highest BCUT2D eigenvalue weighted by Gasteiger charge is 2.23. The van der Waals surface area contributed by atoms with E-state index >= 15 is 0 Å². The molecule has 0 aliphatic heterocycles. The van der Waals surface area contributed by atoms with E-state index in [4.69, 9.17) is 4.42 Å². The summed E-state index contributed by atoms with van der Waals surface area (Å²) in [5.74, 6) is -0.405. The molecule has 0 fully saturated rings. The van der Waals surface area contributed by atoms with E-state index in [9.17, 15) is 9.90 Å². The van der Waals surface area contributed by atoms with Crippen molar-refractivity contribution < 1.29 is 14.3 Å². The molecule has 0 saturated carbocycles. The molecule has 2 aromatic heterocycles. The second-order valence-corrected chi connectivity index (χ2v) is 5.41. The van der Waals surface area contributed by atoms with Gasteiger partial charge in [-0.25, -0.2) is 9.78 Å². The SMILES string of the molecule is CCc1ccsc1-c1oc(-c2ccccc2)nc1C(=O)O. The van der Waals surface area contributed by atoms with Crippen molar-refractivity contribution >= 4 is 17.3 Å². The predicted molar refractivity (Wildman–Crippen MR) is 81.6 cm³/mol. The maximum Gasteiger partial charge on any atom is 0.358 e. The van der Waals surface area contributed by atoms with E-state index in [1.54, 1.807) is 0 Å². The molecule has 106 valence electrons. The van der Waals surface area contributed by atoms with Crippen molar-refractivity contribution in [3.05, 3.63) is 53.0 Å². The number of thiophene rings is 1. The average molecular weight is 299 g/mol. The van der Waals surface area contributed by atoms with E-state index in [0.29, 0.717) is 11.7 Å². The Labute approximate surface area is 125 Å². The second-order valence-electron chi connectivity index (χ2n) is 4.50. The van der Waals surface area contributed by atoms with Crippen LogP contribution in [0.15, 0.2) is 46.2 Å². The van der Waals surface area contributed by atoms with Crippen LogP contribution in [0.3, 0.4) is 0 Å². The van der Waals surface area contributed by atoms with Gasteiger partial charge in [0.25, 0.3) is 0 Å². The third-order valence-electron chi connectivity index (χ3n) is 3.18. The number of carboxylic acid groups (broad SMARTS) is 1. The molecular weight excluding hydrogens is 286 g/mol. The molecule has 1 aromatic carbocycles. The van der Waals surface area contributed by atoms with Crippen molar-refractivity contribution in [3.8, 4) is 22.1 Å². The molecule has 2 heterocycles. The molecule has 3 aromatic rings. The van der Waals surface area contributed by atoms with E-state index in [1.165, 1.54) is 11.3 Å². The van der Waals surface area contributed by atoms with Crippen LogP contribution in [0.5, 0.6) is 0 Å². The molecule has 0 amide bonds. The molecule has 21 heavy (non-hydrogen) atoms. The summed E-state index contributed by atoms with van der Waals surface area (Å²) in [6.45, 7) is 2.03. The normalized spacial score (nSPS) is 10.7. The largest absolute Gasteiger partial charge is 0.476 e. The number of benzene rings is 1.